The zero-order valence-electron chi connectivity index (χ0n) is 16.6. The predicted octanol–water partition coefficient (Wildman–Crippen LogP) is 4.49. The molecule has 0 saturated carbocycles. The molecule has 0 aliphatic rings. The van der Waals surface area contributed by atoms with Crippen LogP contribution in [0.2, 0.25) is 0 Å². The van der Waals surface area contributed by atoms with Crippen LogP contribution in [0.25, 0.3) is 27.6 Å². The molecule has 0 saturated heterocycles. The number of nitrogens with zero attached hydrogens (tertiary/aromatic N) is 4. The first-order chi connectivity index (χ1) is 15.2. The summed E-state index contributed by atoms with van der Waals surface area (Å²) in [5.74, 6) is 1.55. The first-order valence-electron chi connectivity index (χ1n) is 9.57. The molecule has 5 aromatic rings. The second-order valence-electron chi connectivity index (χ2n) is 6.91. The number of rotatable bonds is 5. The third-order valence-electron chi connectivity index (χ3n) is 5.12. The van der Waals surface area contributed by atoms with Gasteiger partial charge in [-0.1, -0.05) is 30.3 Å². The minimum Gasteiger partial charge on any atom is -0.493 e. The number of ether oxygens (including phenoxy) is 2. The highest BCUT2D eigenvalue weighted by Crippen LogP contribution is 2.39. The lowest BCUT2D eigenvalue weighted by molar-refractivity contribution is 0.198. The molecule has 2 aromatic carbocycles. The van der Waals surface area contributed by atoms with E-state index < -0.39 is 6.09 Å². The van der Waals surface area contributed by atoms with Gasteiger partial charge in [0.05, 0.1) is 23.5 Å². The molecule has 1 N–H and O–H groups in total. The van der Waals surface area contributed by atoms with Crippen LogP contribution in [0.1, 0.15) is 5.56 Å². The van der Waals surface area contributed by atoms with Crippen LogP contribution in [0.15, 0.2) is 73.4 Å². The van der Waals surface area contributed by atoms with E-state index in [2.05, 4.69) is 9.97 Å². The molecule has 0 amide bonds. The molecule has 0 radical (unpaired) electrons. The summed E-state index contributed by atoms with van der Waals surface area (Å²) in [6, 6.07) is 14.9. The fourth-order valence-electron chi connectivity index (χ4n) is 3.74. The van der Waals surface area contributed by atoms with E-state index in [4.69, 9.17) is 9.47 Å². The number of carboxylic acid groups (broad SMARTS) is 1. The Labute approximate surface area is 176 Å². The van der Waals surface area contributed by atoms with E-state index >= 15 is 0 Å². The molecule has 0 bridgehead atoms. The van der Waals surface area contributed by atoms with Crippen molar-refractivity contribution in [1.82, 2.24) is 19.1 Å². The molecular weight excluding hydrogens is 396 g/mol. The molecule has 31 heavy (non-hydrogen) atoms. The Morgan fingerprint density at radius 1 is 1.06 bits per heavy atom. The van der Waals surface area contributed by atoms with Gasteiger partial charge in [-0.15, -0.1) is 0 Å². The van der Waals surface area contributed by atoms with Crippen LogP contribution in [0, 0.1) is 0 Å². The third-order valence-corrected chi connectivity index (χ3v) is 5.12. The Morgan fingerprint density at radius 2 is 1.90 bits per heavy atom. The molecule has 3 aromatic heterocycles. The van der Waals surface area contributed by atoms with Crippen LogP contribution < -0.4 is 9.47 Å². The van der Waals surface area contributed by atoms with Gasteiger partial charge in [-0.3, -0.25) is 4.57 Å². The average molecular weight is 414 g/mol. The minimum absolute atomic E-state index is 0.331. The molecule has 0 atom stereocenters. The number of fused-ring (bicyclic) bond motifs is 3. The standard InChI is InChI=1S/C23H18N4O4/c1-30-19-11-16-18(12-20(19)31-13-15-5-3-2-4-6-15)27(23(28)29)17-7-8-25-22(21(16)17)26-10-9-24-14-26/h2-12,14H,13H2,1H3,(H,28,29). The summed E-state index contributed by atoms with van der Waals surface area (Å²) in [5, 5.41) is 11.3. The molecular formula is C23H18N4O4. The van der Waals surface area contributed by atoms with E-state index in [1.54, 1.807) is 54.8 Å². The second kappa shape index (κ2) is 7.49. The summed E-state index contributed by atoms with van der Waals surface area (Å²) in [7, 11) is 1.56. The molecule has 0 aliphatic heterocycles. The van der Waals surface area contributed by atoms with Gasteiger partial charge >= 0.3 is 6.09 Å². The molecule has 0 unspecified atom stereocenters. The smallest absolute Gasteiger partial charge is 0.416 e. The Balaban J connectivity index is 1.74. The van der Waals surface area contributed by atoms with Crippen molar-refractivity contribution in [3.63, 3.8) is 0 Å². The maximum absolute atomic E-state index is 12.2. The average Bonchev–Trinajstić information content (AvgIpc) is 3.43. The van der Waals surface area contributed by atoms with Crippen LogP contribution in [0.5, 0.6) is 11.5 Å². The maximum Gasteiger partial charge on any atom is 0.416 e. The van der Waals surface area contributed by atoms with Crippen LogP contribution in [0.3, 0.4) is 0 Å². The Hall–Kier alpha value is -4.33. The molecule has 8 heteroatoms. The second-order valence-corrected chi connectivity index (χ2v) is 6.91. The van der Waals surface area contributed by atoms with Gasteiger partial charge in [0, 0.05) is 30.0 Å². The summed E-state index contributed by atoms with van der Waals surface area (Å²) in [4.78, 5) is 20.7. The van der Waals surface area contributed by atoms with Gasteiger partial charge in [-0.05, 0) is 17.7 Å². The molecule has 0 spiro atoms. The van der Waals surface area contributed by atoms with E-state index in [0.29, 0.717) is 45.7 Å². The zero-order chi connectivity index (χ0) is 21.4. The van der Waals surface area contributed by atoms with Crippen LogP contribution >= 0.6 is 0 Å². The predicted molar refractivity (Wildman–Crippen MR) is 115 cm³/mol. The number of methoxy groups -OCH3 is 1. The SMILES string of the molecule is COc1cc2c3c(-n4ccnc4)nccc3n(C(=O)O)c2cc1OCc1ccccc1. The fourth-order valence-corrected chi connectivity index (χ4v) is 3.74. The van der Waals surface area contributed by atoms with Crippen LogP contribution in [0.4, 0.5) is 4.79 Å². The topological polar surface area (TPSA) is 91.4 Å². The summed E-state index contributed by atoms with van der Waals surface area (Å²) < 4.78 is 14.6. The van der Waals surface area contributed by atoms with Crippen molar-refractivity contribution in [3.05, 3.63) is 79.0 Å². The van der Waals surface area contributed by atoms with Gasteiger partial charge in [-0.2, -0.15) is 0 Å². The number of hydrogen-bond acceptors (Lipinski definition) is 5. The van der Waals surface area contributed by atoms with Gasteiger partial charge in [-0.25, -0.2) is 19.3 Å². The maximum atomic E-state index is 12.2. The summed E-state index contributed by atoms with van der Waals surface area (Å²) in [5.41, 5.74) is 2.00. The van der Waals surface area contributed by atoms with Crippen molar-refractivity contribution in [1.29, 1.82) is 0 Å². The Bertz CT molecular complexity index is 1390. The molecule has 8 nitrogen and oxygen atoms in total. The normalized spacial score (nSPS) is 11.1. The summed E-state index contributed by atoms with van der Waals surface area (Å²) >= 11 is 0. The molecule has 154 valence electrons. The minimum atomic E-state index is -1.10. The fraction of sp³-hybridized carbons (Fsp3) is 0.0870. The Kier molecular flexibility index (Phi) is 4.51. The summed E-state index contributed by atoms with van der Waals surface area (Å²) in [6.45, 7) is 0.331. The third kappa shape index (κ3) is 3.14. The first-order valence-corrected chi connectivity index (χ1v) is 9.57. The summed E-state index contributed by atoms with van der Waals surface area (Å²) in [6.07, 6.45) is 5.52. The van der Waals surface area contributed by atoms with Crippen LogP contribution in [-0.2, 0) is 6.61 Å². The molecule has 0 aliphatic carbocycles. The number of benzene rings is 2. The highest BCUT2D eigenvalue weighted by molar-refractivity contribution is 6.15. The van der Waals surface area contributed by atoms with Gasteiger partial charge in [0.15, 0.2) is 11.5 Å². The van der Waals surface area contributed by atoms with Gasteiger partial charge < -0.3 is 14.6 Å². The highest BCUT2D eigenvalue weighted by Gasteiger charge is 2.22. The van der Waals surface area contributed by atoms with E-state index in [0.717, 1.165) is 5.56 Å². The molecule has 5 rings (SSSR count). The van der Waals surface area contributed by atoms with E-state index in [1.807, 2.05) is 30.3 Å². The lowest BCUT2D eigenvalue weighted by atomic mass is 10.1. The van der Waals surface area contributed by atoms with Gasteiger partial charge in [0.1, 0.15) is 18.8 Å². The lowest BCUT2D eigenvalue weighted by Crippen LogP contribution is -2.07. The van der Waals surface area contributed by atoms with E-state index in [1.165, 1.54) is 4.57 Å². The van der Waals surface area contributed by atoms with Crippen molar-refractivity contribution in [2.45, 2.75) is 6.61 Å². The van der Waals surface area contributed by atoms with Crippen molar-refractivity contribution in [3.8, 4) is 17.3 Å². The molecule has 0 fully saturated rings. The van der Waals surface area contributed by atoms with Crippen molar-refractivity contribution in [2.24, 2.45) is 0 Å². The first kappa shape index (κ1) is 18.7. The Morgan fingerprint density at radius 3 is 2.61 bits per heavy atom. The monoisotopic (exact) mass is 414 g/mol. The largest absolute Gasteiger partial charge is 0.493 e. The molecule has 3 heterocycles. The van der Waals surface area contributed by atoms with Gasteiger partial charge in [0.2, 0.25) is 0 Å². The number of pyridine rings is 1. The number of hydrogen-bond donors (Lipinski definition) is 1. The number of carbonyl (C=O) groups is 1. The quantitative estimate of drug-likeness (QED) is 0.456. The van der Waals surface area contributed by atoms with Crippen LogP contribution in [-0.4, -0.2) is 37.4 Å². The lowest BCUT2D eigenvalue weighted by Gasteiger charge is -2.12. The van der Waals surface area contributed by atoms with Crippen molar-refractivity contribution < 1.29 is 19.4 Å². The van der Waals surface area contributed by atoms with Crippen molar-refractivity contribution >= 4 is 27.9 Å². The number of imidazole rings is 1. The van der Waals surface area contributed by atoms with E-state index in [9.17, 15) is 9.90 Å². The zero-order valence-corrected chi connectivity index (χ0v) is 16.6. The van der Waals surface area contributed by atoms with E-state index in [-0.39, 0.29) is 0 Å². The highest BCUT2D eigenvalue weighted by atomic mass is 16.5. The number of aromatic nitrogens is 4. The van der Waals surface area contributed by atoms with Crippen molar-refractivity contribution in [2.75, 3.05) is 7.11 Å². The van der Waals surface area contributed by atoms with Gasteiger partial charge in [0.25, 0.3) is 0 Å².